The molecule has 0 fully saturated rings. The van der Waals surface area contributed by atoms with Crippen LogP contribution in [-0.4, -0.2) is 12.6 Å². The fourth-order valence-corrected chi connectivity index (χ4v) is 1.58. The van der Waals surface area contributed by atoms with Crippen LogP contribution in [-0.2, 0) is 5.41 Å². The van der Waals surface area contributed by atoms with Gasteiger partial charge in [0.1, 0.15) is 12.4 Å². The summed E-state index contributed by atoms with van der Waals surface area (Å²) in [6, 6.07) is 6.37. The second-order valence-electron chi connectivity index (χ2n) is 5.54. The third kappa shape index (κ3) is 3.53. The van der Waals surface area contributed by atoms with Crippen molar-refractivity contribution in [2.75, 3.05) is 6.61 Å². The Morgan fingerprint density at radius 2 is 1.94 bits per heavy atom. The molecule has 1 rings (SSSR count). The molecule has 1 aromatic carbocycles. The molecule has 0 bridgehead atoms. The van der Waals surface area contributed by atoms with Crippen LogP contribution >= 0.6 is 0 Å². The molecule has 0 aromatic heterocycles. The molecule has 90 valence electrons. The Kier molecular flexibility index (Phi) is 3.98. The quantitative estimate of drug-likeness (QED) is 0.851. The smallest absolute Gasteiger partial charge is 0.123 e. The number of benzene rings is 1. The van der Waals surface area contributed by atoms with E-state index in [0.29, 0.717) is 6.61 Å². The minimum atomic E-state index is 0.0640. The molecule has 16 heavy (non-hydrogen) atoms. The summed E-state index contributed by atoms with van der Waals surface area (Å²) in [4.78, 5) is 0. The molecule has 2 heteroatoms. The molecule has 0 radical (unpaired) electrons. The first-order valence-corrected chi connectivity index (χ1v) is 5.80. The van der Waals surface area contributed by atoms with E-state index in [-0.39, 0.29) is 11.5 Å². The van der Waals surface area contributed by atoms with E-state index in [9.17, 15) is 0 Å². The monoisotopic (exact) mass is 221 g/mol. The van der Waals surface area contributed by atoms with Crippen LogP contribution in [0.3, 0.4) is 0 Å². The van der Waals surface area contributed by atoms with Crippen LogP contribution in [0.2, 0.25) is 0 Å². The van der Waals surface area contributed by atoms with Gasteiger partial charge in [-0.05, 0) is 30.9 Å². The standard InChI is InChI=1S/C14H23NO/c1-10-6-7-13(16-9-11(2)15)12(8-10)14(3,4)5/h6-8,11H,9,15H2,1-5H3. The Morgan fingerprint density at radius 3 is 2.44 bits per heavy atom. The van der Waals surface area contributed by atoms with Gasteiger partial charge in [0.05, 0.1) is 0 Å². The second kappa shape index (κ2) is 4.88. The summed E-state index contributed by atoms with van der Waals surface area (Å²) in [5.41, 5.74) is 8.31. The zero-order valence-electron chi connectivity index (χ0n) is 11.0. The Morgan fingerprint density at radius 1 is 1.31 bits per heavy atom. The first-order valence-electron chi connectivity index (χ1n) is 5.80. The van der Waals surface area contributed by atoms with E-state index >= 15 is 0 Å². The Labute approximate surface area is 98.8 Å². The zero-order chi connectivity index (χ0) is 12.3. The molecule has 0 saturated carbocycles. The van der Waals surface area contributed by atoms with E-state index in [1.165, 1.54) is 11.1 Å². The van der Waals surface area contributed by atoms with Gasteiger partial charge in [0.25, 0.3) is 0 Å². The van der Waals surface area contributed by atoms with Crippen LogP contribution in [0, 0.1) is 6.92 Å². The summed E-state index contributed by atoms with van der Waals surface area (Å²) in [6.45, 7) is 11.2. The zero-order valence-corrected chi connectivity index (χ0v) is 11.0. The summed E-state index contributed by atoms with van der Waals surface area (Å²) < 4.78 is 5.76. The molecule has 0 aliphatic rings. The van der Waals surface area contributed by atoms with Gasteiger partial charge in [0, 0.05) is 6.04 Å². The third-order valence-corrected chi connectivity index (χ3v) is 2.44. The minimum absolute atomic E-state index is 0.0640. The van der Waals surface area contributed by atoms with Gasteiger partial charge in [-0.25, -0.2) is 0 Å². The summed E-state index contributed by atoms with van der Waals surface area (Å²) in [7, 11) is 0. The van der Waals surface area contributed by atoms with Crippen LogP contribution in [0.25, 0.3) is 0 Å². The lowest BCUT2D eigenvalue weighted by Crippen LogP contribution is -2.25. The van der Waals surface area contributed by atoms with Crippen LogP contribution in [0.15, 0.2) is 18.2 Å². The van der Waals surface area contributed by atoms with Gasteiger partial charge in [-0.2, -0.15) is 0 Å². The number of rotatable bonds is 3. The van der Waals surface area contributed by atoms with Crippen LogP contribution < -0.4 is 10.5 Å². The predicted octanol–water partition coefficient (Wildman–Crippen LogP) is 3.02. The van der Waals surface area contributed by atoms with E-state index < -0.39 is 0 Å². The minimum Gasteiger partial charge on any atom is -0.492 e. The topological polar surface area (TPSA) is 35.2 Å². The number of ether oxygens (including phenoxy) is 1. The van der Waals surface area contributed by atoms with Gasteiger partial charge in [-0.15, -0.1) is 0 Å². The van der Waals surface area contributed by atoms with Crippen molar-refractivity contribution in [3.63, 3.8) is 0 Å². The van der Waals surface area contributed by atoms with Crippen LogP contribution in [0.5, 0.6) is 5.75 Å². The highest BCUT2D eigenvalue weighted by Gasteiger charge is 2.19. The molecule has 0 aliphatic carbocycles. The van der Waals surface area contributed by atoms with Crippen molar-refractivity contribution in [2.24, 2.45) is 5.73 Å². The first-order chi connectivity index (χ1) is 7.30. The van der Waals surface area contributed by atoms with Crippen LogP contribution in [0.1, 0.15) is 38.8 Å². The highest BCUT2D eigenvalue weighted by Crippen LogP contribution is 2.32. The van der Waals surface area contributed by atoms with E-state index in [1.54, 1.807) is 0 Å². The first kappa shape index (κ1) is 13.0. The fourth-order valence-electron chi connectivity index (χ4n) is 1.58. The molecule has 0 spiro atoms. The van der Waals surface area contributed by atoms with Crippen molar-refractivity contribution in [2.45, 2.75) is 46.1 Å². The second-order valence-corrected chi connectivity index (χ2v) is 5.54. The molecule has 1 atom stereocenters. The lowest BCUT2D eigenvalue weighted by molar-refractivity contribution is 0.289. The molecule has 2 nitrogen and oxygen atoms in total. The fraction of sp³-hybridized carbons (Fsp3) is 0.571. The molecule has 1 unspecified atom stereocenters. The van der Waals surface area contributed by atoms with Gasteiger partial charge < -0.3 is 10.5 Å². The summed E-state index contributed by atoms with van der Waals surface area (Å²) in [6.07, 6.45) is 0. The van der Waals surface area contributed by atoms with Crippen molar-refractivity contribution in [1.82, 2.24) is 0 Å². The third-order valence-electron chi connectivity index (χ3n) is 2.44. The van der Waals surface area contributed by atoms with Crippen molar-refractivity contribution in [3.8, 4) is 5.75 Å². The van der Waals surface area contributed by atoms with E-state index in [2.05, 4.69) is 39.8 Å². The maximum absolute atomic E-state index is 5.76. The van der Waals surface area contributed by atoms with Gasteiger partial charge in [-0.3, -0.25) is 0 Å². The molecule has 0 amide bonds. The SMILES string of the molecule is Cc1ccc(OCC(C)N)c(C(C)(C)C)c1. The molecular weight excluding hydrogens is 198 g/mol. The molecular formula is C14H23NO. The highest BCUT2D eigenvalue weighted by atomic mass is 16.5. The lowest BCUT2D eigenvalue weighted by atomic mass is 9.85. The Balaban J connectivity index is 2.99. The van der Waals surface area contributed by atoms with Crippen molar-refractivity contribution in [3.05, 3.63) is 29.3 Å². The van der Waals surface area contributed by atoms with E-state index in [4.69, 9.17) is 10.5 Å². The highest BCUT2D eigenvalue weighted by molar-refractivity contribution is 5.41. The van der Waals surface area contributed by atoms with Gasteiger partial charge in [0.2, 0.25) is 0 Å². The normalized spacial score (nSPS) is 13.6. The maximum Gasteiger partial charge on any atom is 0.123 e. The number of hydrogen-bond donors (Lipinski definition) is 1. The molecule has 0 heterocycles. The van der Waals surface area contributed by atoms with E-state index in [0.717, 1.165) is 5.75 Å². The molecule has 0 aliphatic heterocycles. The molecule has 0 saturated heterocycles. The Hall–Kier alpha value is -1.02. The average Bonchev–Trinajstić information content (AvgIpc) is 2.14. The predicted molar refractivity (Wildman–Crippen MR) is 69.0 cm³/mol. The maximum atomic E-state index is 5.76. The summed E-state index contributed by atoms with van der Waals surface area (Å²) in [5.74, 6) is 0.954. The van der Waals surface area contributed by atoms with Crippen molar-refractivity contribution < 1.29 is 4.74 Å². The van der Waals surface area contributed by atoms with Crippen molar-refractivity contribution >= 4 is 0 Å². The number of hydrogen-bond acceptors (Lipinski definition) is 2. The summed E-state index contributed by atoms with van der Waals surface area (Å²) >= 11 is 0. The lowest BCUT2D eigenvalue weighted by Gasteiger charge is -2.23. The van der Waals surface area contributed by atoms with Crippen LogP contribution in [0.4, 0.5) is 0 Å². The summed E-state index contributed by atoms with van der Waals surface area (Å²) in [5, 5.41) is 0. The van der Waals surface area contributed by atoms with Gasteiger partial charge in [0.15, 0.2) is 0 Å². The van der Waals surface area contributed by atoms with E-state index in [1.807, 2.05) is 13.0 Å². The van der Waals surface area contributed by atoms with Gasteiger partial charge >= 0.3 is 0 Å². The molecule has 2 N–H and O–H groups in total. The Bertz CT molecular complexity index is 350. The molecule has 1 aromatic rings. The van der Waals surface area contributed by atoms with Crippen molar-refractivity contribution in [1.29, 1.82) is 0 Å². The average molecular weight is 221 g/mol. The number of aryl methyl sites for hydroxylation is 1. The number of nitrogens with two attached hydrogens (primary N) is 1. The largest absolute Gasteiger partial charge is 0.492 e. The van der Waals surface area contributed by atoms with Gasteiger partial charge in [-0.1, -0.05) is 38.5 Å².